The Morgan fingerprint density at radius 1 is 1.54 bits per heavy atom. The van der Waals surface area contributed by atoms with Gasteiger partial charge in [-0.15, -0.1) is 0 Å². The molecule has 2 nitrogen and oxygen atoms in total. The Bertz CT molecular complexity index is 505. The predicted octanol–water partition coefficient (Wildman–Crippen LogP) is 2.44. The molecule has 0 spiro atoms. The van der Waals surface area contributed by atoms with Crippen molar-refractivity contribution in [3.8, 4) is 12.5 Å². The fraction of sp³-hybridized carbons (Fsp3) is 0.100. The molecule has 0 radical (unpaired) electrons. The Kier molecular flexibility index (Phi) is 1.75. The summed E-state index contributed by atoms with van der Waals surface area (Å²) in [7, 11) is 0. The van der Waals surface area contributed by atoms with E-state index in [1.54, 1.807) is 23.2 Å². The van der Waals surface area contributed by atoms with Crippen molar-refractivity contribution < 1.29 is 0 Å². The number of rotatable bonds is 0. The molecule has 0 bridgehead atoms. The standard InChI is InChI=1S/C10H7ClN2/c1-3-13-6-9(11)8-5-12-4-7(2)10(8)13/h1,4-6H,2H3. The molecule has 0 aromatic carbocycles. The molecule has 2 aromatic heterocycles. The van der Waals surface area contributed by atoms with Crippen molar-refractivity contribution in [3.63, 3.8) is 0 Å². The fourth-order valence-electron chi connectivity index (χ4n) is 1.40. The first-order valence-corrected chi connectivity index (χ1v) is 4.19. The first-order valence-electron chi connectivity index (χ1n) is 3.82. The summed E-state index contributed by atoms with van der Waals surface area (Å²) < 4.78 is 1.68. The van der Waals surface area contributed by atoms with Crippen molar-refractivity contribution >= 4 is 22.5 Å². The molecule has 3 heteroatoms. The van der Waals surface area contributed by atoms with E-state index in [4.69, 9.17) is 18.0 Å². The Balaban J connectivity index is 2.99. The van der Waals surface area contributed by atoms with E-state index in [1.807, 2.05) is 6.92 Å². The summed E-state index contributed by atoms with van der Waals surface area (Å²) in [6.45, 7) is 1.96. The van der Waals surface area contributed by atoms with Gasteiger partial charge in [0.1, 0.15) is 0 Å². The molecular formula is C10H7ClN2. The van der Waals surface area contributed by atoms with Crippen LogP contribution in [0.5, 0.6) is 0 Å². The molecule has 0 saturated heterocycles. The third-order valence-electron chi connectivity index (χ3n) is 1.98. The van der Waals surface area contributed by atoms with Gasteiger partial charge < -0.3 is 0 Å². The van der Waals surface area contributed by atoms with Crippen LogP contribution in [0.25, 0.3) is 10.9 Å². The second-order valence-electron chi connectivity index (χ2n) is 2.83. The van der Waals surface area contributed by atoms with E-state index in [-0.39, 0.29) is 0 Å². The summed E-state index contributed by atoms with van der Waals surface area (Å²) in [6.07, 6.45) is 10.5. The second kappa shape index (κ2) is 2.79. The van der Waals surface area contributed by atoms with E-state index >= 15 is 0 Å². The third kappa shape index (κ3) is 1.09. The first-order chi connectivity index (χ1) is 6.24. The van der Waals surface area contributed by atoms with Gasteiger partial charge in [-0.1, -0.05) is 18.0 Å². The highest BCUT2D eigenvalue weighted by Gasteiger charge is 2.07. The molecule has 2 rings (SSSR count). The molecule has 64 valence electrons. The number of halogens is 1. The van der Waals surface area contributed by atoms with Gasteiger partial charge in [0.15, 0.2) is 0 Å². The van der Waals surface area contributed by atoms with Gasteiger partial charge >= 0.3 is 0 Å². The summed E-state index contributed by atoms with van der Waals surface area (Å²) in [4.78, 5) is 4.05. The number of fused-ring (bicyclic) bond motifs is 1. The summed E-state index contributed by atoms with van der Waals surface area (Å²) >= 11 is 5.97. The number of hydrogen-bond acceptors (Lipinski definition) is 1. The van der Waals surface area contributed by atoms with Crippen LogP contribution in [0.15, 0.2) is 18.6 Å². The van der Waals surface area contributed by atoms with Crippen molar-refractivity contribution in [3.05, 3.63) is 29.2 Å². The topological polar surface area (TPSA) is 17.8 Å². The molecule has 0 amide bonds. The van der Waals surface area contributed by atoms with Crippen molar-refractivity contribution in [2.24, 2.45) is 0 Å². The van der Waals surface area contributed by atoms with E-state index in [0.29, 0.717) is 5.02 Å². The lowest BCUT2D eigenvalue weighted by molar-refractivity contribution is 1.18. The number of pyridine rings is 1. The highest BCUT2D eigenvalue weighted by molar-refractivity contribution is 6.35. The molecule has 0 aliphatic heterocycles. The van der Waals surface area contributed by atoms with Crippen LogP contribution in [0.2, 0.25) is 5.02 Å². The maximum absolute atomic E-state index is 5.97. The Morgan fingerprint density at radius 2 is 2.31 bits per heavy atom. The minimum Gasteiger partial charge on any atom is -0.275 e. The van der Waals surface area contributed by atoms with Crippen molar-refractivity contribution in [1.82, 2.24) is 9.55 Å². The minimum atomic E-state index is 0.643. The number of aromatic nitrogens is 2. The highest BCUT2D eigenvalue weighted by atomic mass is 35.5. The quantitative estimate of drug-likeness (QED) is 0.584. The van der Waals surface area contributed by atoms with Crippen LogP contribution in [0.3, 0.4) is 0 Å². The normalized spacial score (nSPS) is 10.2. The maximum atomic E-state index is 5.97. The van der Waals surface area contributed by atoms with Crippen LogP contribution in [-0.4, -0.2) is 9.55 Å². The lowest BCUT2D eigenvalue weighted by Gasteiger charge is -1.97. The van der Waals surface area contributed by atoms with Crippen LogP contribution in [0, 0.1) is 19.4 Å². The molecule has 0 aliphatic rings. The molecule has 2 heterocycles. The van der Waals surface area contributed by atoms with Crippen LogP contribution in [0.1, 0.15) is 5.56 Å². The van der Waals surface area contributed by atoms with Gasteiger partial charge in [-0.25, -0.2) is 0 Å². The Labute approximate surface area is 81.1 Å². The molecule has 0 N–H and O–H groups in total. The van der Waals surface area contributed by atoms with Gasteiger partial charge in [-0.3, -0.25) is 9.55 Å². The average molecular weight is 191 g/mol. The lowest BCUT2D eigenvalue weighted by atomic mass is 10.2. The Morgan fingerprint density at radius 3 is 3.00 bits per heavy atom. The number of aryl methyl sites for hydroxylation is 1. The summed E-state index contributed by atoms with van der Waals surface area (Å²) in [5, 5.41) is 1.55. The molecule has 0 atom stereocenters. The van der Waals surface area contributed by atoms with Crippen LogP contribution < -0.4 is 0 Å². The predicted molar refractivity (Wildman–Crippen MR) is 53.7 cm³/mol. The molecule has 0 aliphatic carbocycles. The lowest BCUT2D eigenvalue weighted by Crippen LogP contribution is -1.87. The fourth-order valence-corrected chi connectivity index (χ4v) is 1.64. The number of nitrogens with zero attached hydrogens (tertiary/aromatic N) is 2. The maximum Gasteiger partial charge on any atom is 0.0689 e. The molecule has 0 unspecified atom stereocenters. The zero-order valence-corrected chi connectivity index (χ0v) is 7.84. The molecule has 13 heavy (non-hydrogen) atoms. The first kappa shape index (κ1) is 8.15. The van der Waals surface area contributed by atoms with Crippen LogP contribution >= 0.6 is 11.6 Å². The van der Waals surface area contributed by atoms with E-state index in [2.05, 4.69) is 11.0 Å². The number of terminal acetylenes is 1. The van der Waals surface area contributed by atoms with E-state index in [1.165, 1.54) is 0 Å². The minimum absolute atomic E-state index is 0.643. The smallest absolute Gasteiger partial charge is 0.0689 e. The third-order valence-corrected chi connectivity index (χ3v) is 2.28. The van der Waals surface area contributed by atoms with E-state index in [9.17, 15) is 0 Å². The van der Waals surface area contributed by atoms with E-state index in [0.717, 1.165) is 16.5 Å². The van der Waals surface area contributed by atoms with Gasteiger partial charge in [0, 0.05) is 30.0 Å². The number of hydrogen-bond donors (Lipinski definition) is 0. The van der Waals surface area contributed by atoms with Gasteiger partial charge in [-0.2, -0.15) is 0 Å². The highest BCUT2D eigenvalue weighted by Crippen LogP contribution is 2.26. The van der Waals surface area contributed by atoms with Gasteiger partial charge in [0.05, 0.1) is 10.5 Å². The second-order valence-corrected chi connectivity index (χ2v) is 3.24. The van der Waals surface area contributed by atoms with Crippen molar-refractivity contribution in [2.75, 3.05) is 0 Å². The monoisotopic (exact) mass is 190 g/mol. The van der Waals surface area contributed by atoms with E-state index < -0.39 is 0 Å². The zero-order chi connectivity index (χ0) is 9.42. The molecular weight excluding hydrogens is 184 g/mol. The SMILES string of the molecule is C#Cn1cc(Cl)c2cncc(C)c21. The van der Waals surface area contributed by atoms with Crippen molar-refractivity contribution in [1.29, 1.82) is 0 Å². The Hall–Kier alpha value is -1.46. The van der Waals surface area contributed by atoms with Gasteiger partial charge in [-0.05, 0) is 12.5 Å². The molecule has 0 fully saturated rings. The average Bonchev–Trinajstić information content (AvgIpc) is 2.45. The van der Waals surface area contributed by atoms with Gasteiger partial charge in [0.25, 0.3) is 0 Å². The summed E-state index contributed by atoms with van der Waals surface area (Å²) in [5.41, 5.74) is 1.99. The molecule has 2 aromatic rings. The molecule has 0 saturated carbocycles. The largest absolute Gasteiger partial charge is 0.275 e. The van der Waals surface area contributed by atoms with Crippen LogP contribution in [0.4, 0.5) is 0 Å². The summed E-state index contributed by atoms with van der Waals surface area (Å²) in [6, 6.07) is 2.54. The zero-order valence-electron chi connectivity index (χ0n) is 7.08. The van der Waals surface area contributed by atoms with Gasteiger partial charge in [0.2, 0.25) is 0 Å². The van der Waals surface area contributed by atoms with Crippen molar-refractivity contribution in [2.45, 2.75) is 6.92 Å². The van der Waals surface area contributed by atoms with Crippen LogP contribution in [-0.2, 0) is 0 Å². The summed E-state index contributed by atoms with van der Waals surface area (Å²) in [5.74, 6) is 0.